The number of aliphatic imine (C=N–C) groups is 1. The van der Waals surface area contributed by atoms with Crippen LogP contribution in [0.2, 0.25) is 0 Å². The van der Waals surface area contributed by atoms with Gasteiger partial charge in [-0.05, 0) is 29.8 Å². The molecule has 1 aliphatic heterocycles. The fraction of sp³-hybridized carbons (Fsp3) is 0.278. The molecule has 1 saturated heterocycles. The number of methoxy groups -OCH3 is 1. The van der Waals surface area contributed by atoms with Crippen molar-refractivity contribution in [1.29, 1.82) is 0 Å². The highest BCUT2D eigenvalue weighted by molar-refractivity contribution is 5.82. The second-order valence-corrected chi connectivity index (χ2v) is 5.15. The SMILES string of the molecule is COc1cccc(N=Cc2ccc(N3CCOCC3)cc2)c1. The van der Waals surface area contributed by atoms with Gasteiger partial charge < -0.3 is 14.4 Å². The van der Waals surface area contributed by atoms with Crippen molar-refractivity contribution in [3.8, 4) is 5.75 Å². The summed E-state index contributed by atoms with van der Waals surface area (Å²) >= 11 is 0. The number of rotatable bonds is 4. The maximum atomic E-state index is 5.38. The fourth-order valence-electron chi connectivity index (χ4n) is 2.43. The van der Waals surface area contributed by atoms with Crippen molar-refractivity contribution >= 4 is 17.6 Å². The summed E-state index contributed by atoms with van der Waals surface area (Å²) in [5, 5.41) is 0. The Balaban J connectivity index is 1.68. The molecule has 0 aliphatic carbocycles. The van der Waals surface area contributed by atoms with Crippen LogP contribution >= 0.6 is 0 Å². The third-order valence-electron chi connectivity index (χ3n) is 3.69. The van der Waals surface area contributed by atoms with Gasteiger partial charge in [0, 0.05) is 31.1 Å². The third-order valence-corrected chi connectivity index (χ3v) is 3.69. The van der Waals surface area contributed by atoms with E-state index in [1.165, 1.54) is 5.69 Å². The van der Waals surface area contributed by atoms with E-state index < -0.39 is 0 Å². The summed E-state index contributed by atoms with van der Waals surface area (Å²) in [6, 6.07) is 16.2. The minimum atomic E-state index is 0.805. The molecule has 0 saturated carbocycles. The third kappa shape index (κ3) is 3.65. The Kier molecular flexibility index (Phi) is 4.71. The summed E-state index contributed by atoms with van der Waals surface area (Å²) < 4.78 is 10.6. The molecule has 0 amide bonds. The fourth-order valence-corrected chi connectivity index (χ4v) is 2.43. The van der Waals surface area contributed by atoms with Gasteiger partial charge in [0.15, 0.2) is 0 Å². The molecule has 1 heterocycles. The summed E-state index contributed by atoms with van der Waals surface area (Å²) in [6.45, 7) is 3.52. The van der Waals surface area contributed by atoms with E-state index in [1.54, 1.807) is 7.11 Å². The van der Waals surface area contributed by atoms with Crippen molar-refractivity contribution in [2.75, 3.05) is 38.3 Å². The Morgan fingerprint density at radius 2 is 1.86 bits per heavy atom. The van der Waals surface area contributed by atoms with Gasteiger partial charge in [0.2, 0.25) is 0 Å². The van der Waals surface area contributed by atoms with Gasteiger partial charge in [-0.25, -0.2) is 0 Å². The quantitative estimate of drug-likeness (QED) is 0.812. The van der Waals surface area contributed by atoms with Crippen LogP contribution in [0.15, 0.2) is 53.5 Å². The van der Waals surface area contributed by atoms with Gasteiger partial charge in [-0.3, -0.25) is 4.99 Å². The summed E-state index contributed by atoms with van der Waals surface area (Å²) in [6.07, 6.45) is 1.87. The smallest absolute Gasteiger partial charge is 0.121 e. The molecular weight excluding hydrogens is 276 g/mol. The maximum Gasteiger partial charge on any atom is 0.121 e. The lowest BCUT2D eigenvalue weighted by Gasteiger charge is -2.28. The number of nitrogens with zero attached hydrogens (tertiary/aromatic N) is 2. The lowest BCUT2D eigenvalue weighted by molar-refractivity contribution is 0.122. The Bertz CT molecular complexity index is 632. The van der Waals surface area contributed by atoms with Crippen LogP contribution in [-0.2, 0) is 4.74 Å². The minimum absolute atomic E-state index is 0.805. The average molecular weight is 296 g/mol. The molecule has 0 bridgehead atoms. The van der Waals surface area contributed by atoms with Gasteiger partial charge >= 0.3 is 0 Å². The highest BCUT2D eigenvalue weighted by Crippen LogP contribution is 2.20. The molecular formula is C18H20N2O2. The van der Waals surface area contributed by atoms with Gasteiger partial charge in [-0.15, -0.1) is 0 Å². The monoisotopic (exact) mass is 296 g/mol. The molecule has 4 heteroatoms. The summed E-state index contributed by atoms with van der Waals surface area (Å²) in [4.78, 5) is 6.83. The number of ether oxygens (including phenoxy) is 2. The molecule has 3 rings (SSSR count). The Labute approximate surface area is 131 Å². The van der Waals surface area contributed by atoms with Crippen LogP contribution in [0.1, 0.15) is 5.56 Å². The van der Waals surface area contributed by atoms with Crippen LogP contribution in [0, 0.1) is 0 Å². The molecule has 22 heavy (non-hydrogen) atoms. The van der Waals surface area contributed by atoms with Crippen molar-refractivity contribution < 1.29 is 9.47 Å². The van der Waals surface area contributed by atoms with Crippen LogP contribution in [0.3, 0.4) is 0 Å². The molecule has 1 aliphatic rings. The first kappa shape index (κ1) is 14.6. The number of hydrogen-bond acceptors (Lipinski definition) is 4. The molecule has 1 fully saturated rings. The van der Waals surface area contributed by atoms with Crippen molar-refractivity contribution in [2.24, 2.45) is 4.99 Å². The van der Waals surface area contributed by atoms with Gasteiger partial charge in [0.05, 0.1) is 26.0 Å². The number of anilines is 1. The first-order chi connectivity index (χ1) is 10.8. The zero-order valence-electron chi connectivity index (χ0n) is 12.7. The normalized spacial score (nSPS) is 15.2. The first-order valence-electron chi connectivity index (χ1n) is 7.46. The summed E-state index contributed by atoms with van der Waals surface area (Å²) in [5.41, 5.74) is 3.21. The second kappa shape index (κ2) is 7.09. The molecule has 114 valence electrons. The second-order valence-electron chi connectivity index (χ2n) is 5.15. The van der Waals surface area contributed by atoms with E-state index in [4.69, 9.17) is 9.47 Å². The average Bonchev–Trinajstić information content (AvgIpc) is 2.61. The van der Waals surface area contributed by atoms with Gasteiger partial charge in [0.25, 0.3) is 0 Å². The van der Waals surface area contributed by atoms with Crippen molar-refractivity contribution in [1.82, 2.24) is 0 Å². The Morgan fingerprint density at radius 1 is 1.09 bits per heavy atom. The Morgan fingerprint density at radius 3 is 2.59 bits per heavy atom. The molecule has 2 aromatic rings. The predicted octanol–water partition coefficient (Wildman–Crippen LogP) is 3.28. The molecule has 0 aromatic heterocycles. The lowest BCUT2D eigenvalue weighted by atomic mass is 10.2. The zero-order valence-corrected chi connectivity index (χ0v) is 12.7. The van der Waals surface area contributed by atoms with E-state index in [-0.39, 0.29) is 0 Å². The van der Waals surface area contributed by atoms with E-state index in [9.17, 15) is 0 Å². The van der Waals surface area contributed by atoms with Gasteiger partial charge in [-0.2, -0.15) is 0 Å². The zero-order chi connectivity index (χ0) is 15.2. The molecule has 0 N–H and O–H groups in total. The minimum Gasteiger partial charge on any atom is -0.497 e. The van der Waals surface area contributed by atoms with Crippen LogP contribution < -0.4 is 9.64 Å². The van der Waals surface area contributed by atoms with Gasteiger partial charge in [0.1, 0.15) is 5.75 Å². The highest BCUT2D eigenvalue weighted by Gasteiger charge is 2.10. The first-order valence-corrected chi connectivity index (χ1v) is 7.46. The molecule has 0 spiro atoms. The van der Waals surface area contributed by atoms with E-state index in [2.05, 4.69) is 34.2 Å². The van der Waals surface area contributed by atoms with Gasteiger partial charge in [-0.1, -0.05) is 18.2 Å². The summed E-state index contributed by atoms with van der Waals surface area (Å²) in [7, 11) is 1.66. The number of benzene rings is 2. The van der Waals surface area contributed by atoms with Crippen LogP contribution in [0.25, 0.3) is 0 Å². The highest BCUT2D eigenvalue weighted by atomic mass is 16.5. The molecule has 0 atom stereocenters. The lowest BCUT2D eigenvalue weighted by Crippen LogP contribution is -2.36. The van der Waals surface area contributed by atoms with Crippen LogP contribution in [-0.4, -0.2) is 39.6 Å². The van der Waals surface area contributed by atoms with Crippen LogP contribution in [0.4, 0.5) is 11.4 Å². The number of hydrogen-bond donors (Lipinski definition) is 0. The molecule has 2 aromatic carbocycles. The largest absolute Gasteiger partial charge is 0.497 e. The van der Waals surface area contributed by atoms with Crippen molar-refractivity contribution in [2.45, 2.75) is 0 Å². The molecule has 0 radical (unpaired) electrons. The van der Waals surface area contributed by atoms with Crippen molar-refractivity contribution in [3.63, 3.8) is 0 Å². The topological polar surface area (TPSA) is 34.1 Å². The van der Waals surface area contributed by atoms with Crippen molar-refractivity contribution in [3.05, 3.63) is 54.1 Å². The van der Waals surface area contributed by atoms with E-state index in [0.29, 0.717) is 0 Å². The van der Waals surface area contributed by atoms with E-state index in [1.807, 2.05) is 30.5 Å². The molecule has 0 unspecified atom stereocenters. The maximum absolute atomic E-state index is 5.38. The van der Waals surface area contributed by atoms with Crippen LogP contribution in [0.5, 0.6) is 5.75 Å². The van der Waals surface area contributed by atoms with E-state index in [0.717, 1.165) is 43.3 Å². The molecule has 4 nitrogen and oxygen atoms in total. The number of morpholine rings is 1. The standard InChI is InChI=1S/C18H20N2O2/c1-21-18-4-2-3-16(13-18)19-14-15-5-7-17(8-6-15)20-9-11-22-12-10-20/h2-8,13-14H,9-12H2,1H3. The predicted molar refractivity (Wildman–Crippen MR) is 89.7 cm³/mol. The van der Waals surface area contributed by atoms with E-state index >= 15 is 0 Å². The Hall–Kier alpha value is -2.33. The summed E-state index contributed by atoms with van der Waals surface area (Å²) in [5.74, 6) is 0.817.